The average Bonchev–Trinajstić information content (AvgIpc) is 4.03. The quantitative estimate of drug-likeness (QED) is 0.115. The largest absolute Gasteiger partial charge is 0.491 e. The summed E-state index contributed by atoms with van der Waals surface area (Å²) in [6.07, 6.45) is 1.09. The first-order valence-electron chi connectivity index (χ1n) is 26.9. The van der Waals surface area contributed by atoms with Gasteiger partial charge in [-0.3, -0.25) is 0 Å². The zero-order valence-corrected chi connectivity index (χ0v) is 43.6. The highest BCUT2D eigenvalue weighted by atomic mass is 16.5. The van der Waals surface area contributed by atoms with Crippen LogP contribution in [0.15, 0.2) is 224 Å². The van der Waals surface area contributed by atoms with Crippen LogP contribution in [0.25, 0.3) is 86.9 Å². The van der Waals surface area contributed by atoms with Crippen LogP contribution in [0, 0.1) is 0 Å². The van der Waals surface area contributed by atoms with Crippen LogP contribution in [0.3, 0.4) is 0 Å². The Hall–Kier alpha value is -8.66. The van der Waals surface area contributed by atoms with Gasteiger partial charge in [0.1, 0.15) is 5.75 Å². The molecule has 13 rings (SSSR count). The molecule has 1 atom stereocenters. The van der Waals surface area contributed by atoms with Gasteiger partial charge in [0.25, 0.3) is 0 Å². The second-order valence-corrected chi connectivity index (χ2v) is 21.0. The summed E-state index contributed by atoms with van der Waals surface area (Å²) in [5.74, 6) is 1.75. The Morgan fingerprint density at radius 2 is 0.667 bits per heavy atom. The molecule has 13 aromatic carbocycles. The van der Waals surface area contributed by atoms with Gasteiger partial charge in [0.15, 0.2) is 0 Å². The van der Waals surface area contributed by atoms with Gasteiger partial charge in [0.2, 0.25) is 0 Å². The second kappa shape index (κ2) is 18.7. The van der Waals surface area contributed by atoms with Crippen molar-refractivity contribution in [1.29, 1.82) is 0 Å². The minimum atomic E-state index is 0.137. The van der Waals surface area contributed by atoms with Gasteiger partial charge < -0.3 is 14.5 Å². The van der Waals surface area contributed by atoms with Crippen molar-refractivity contribution < 1.29 is 4.74 Å². The number of para-hydroxylation sites is 1. The minimum Gasteiger partial charge on any atom is -0.491 e. The van der Waals surface area contributed by atoms with E-state index in [2.05, 4.69) is 276 Å². The number of nitrogens with zero attached hydrogens (tertiary/aromatic N) is 2. The third-order valence-electron chi connectivity index (χ3n) is 15.9. The van der Waals surface area contributed by atoms with Gasteiger partial charge in [-0.2, -0.15) is 0 Å². The highest BCUT2D eigenvalue weighted by Gasteiger charge is 2.30. The van der Waals surface area contributed by atoms with Gasteiger partial charge in [-0.1, -0.05) is 186 Å². The molecule has 0 saturated carbocycles. The molecule has 0 saturated heterocycles. The van der Waals surface area contributed by atoms with Gasteiger partial charge in [-0.15, -0.1) is 0 Å². The lowest BCUT2D eigenvalue weighted by Crippen LogP contribution is -2.12. The molecular formula is C72H60N2O. The lowest BCUT2D eigenvalue weighted by Gasteiger charge is -2.27. The molecular weight excluding hydrogens is 909 g/mol. The van der Waals surface area contributed by atoms with Crippen LogP contribution < -0.4 is 14.5 Å². The third kappa shape index (κ3) is 7.63. The van der Waals surface area contributed by atoms with E-state index in [9.17, 15) is 0 Å². The van der Waals surface area contributed by atoms with Gasteiger partial charge in [0.05, 0.1) is 17.5 Å². The summed E-state index contributed by atoms with van der Waals surface area (Å²) in [5.41, 5.74) is 14.4. The van der Waals surface area contributed by atoms with Crippen LogP contribution in [0.2, 0.25) is 0 Å². The summed E-state index contributed by atoms with van der Waals surface area (Å²) < 4.78 is 6.31. The Bertz CT molecular complexity index is 4070. The number of hydrogen-bond acceptors (Lipinski definition) is 3. The van der Waals surface area contributed by atoms with Gasteiger partial charge in [-0.25, -0.2) is 0 Å². The van der Waals surface area contributed by atoms with Crippen molar-refractivity contribution in [2.24, 2.45) is 0 Å². The lowest BCUT2D eigenvalue weighted by molar-refractivity contribution is 0.217. The Labute approximate surface area is 440 Å². The molecule has 3 nitrogen and oxygen atoms in total. The monoisotopic (exact) mass is 968 g/mol. The molecule has 13 aromatic rings. The first-order chi connectivity index (χ1) is 36.8. The van der Waals surface area contributed by atoms with Crippen molar-refractivity contribution in [3.8, 4) is 28.0 Å². The molecule has 0 aliphatic carbocycles. The van der Waals surface area contributed by atoms with E-state index in [1.54, 1.807) is 0 Å². The summed E-state index contributed by atoms with van der Waals surface area (Å²) in [4.78, 5) is 4.88. The molecule has 0 fully saturated rings. The van der Waals surface area contributed by atoms with E-state index in [-0.39, 0.29) is 6.10 Å². The fourth-order valence-electron chi connectivity index (χ4n) is 12.1. The molecule has 0 heterocycles. The van der Waals surface area contributed by atoms with E-state index < -0.39 is 0 Å². The van der Waals surface area contributed by atoms with E-state index in [4.69, 9.17) is 4.74 Å². The number of fused-ring (bicyclic) bond motifs is 6. The van der Waals surface area contributed by atoms with Gasteiger partial charge in [0, 0.05) is 33.5 Å². The van der Waals surface area contributed by atoms with E-state index in [1.807, 2.05) is 0 Å². The predicted octanol–water partition coefficient (Wildman–Crippen LogP) is 21.2. The molecule has 0 aliphatic rings. The topological polar surface area (TPSA) is 15.7 Å². The molecule has 0 aliphatic heterocycles. The zero-order valence-electron chi connectivity index (χ0n) is 43.6. The summed E-state index contributed by atoms with van der Waals surface area (Å²) in [6.45, 7) is 13.3. The van der Waals surface area contributed by atoms with Crippen molar-refractivity contribution in [3.63, 3.8) is 0 Å². The summed E-state index contributed by atoms with van der Waals surface area (Å²) in [6, 6.07) is 83.7. The lowest BCUT2D eigenvalue weighted by atomic mass is 9.87. The molecule has 75 heavy (non-hydrogen) atoms. The highest BCUT2D eigenvalue weighted by Crippen LogP contribution is 2.57. The van der Waals surface area contributed by atoms with Gasteiger partial charge >= 0.3 is 0 Å². The number of ether oxygens (including phenoxy) is 1. The van der Waals surface area contributed by atoms with Crippen molar-refractivity contribution in [2.75, 3.05) is 9.80 Å². The predicted molar refractivity (Wildman–Crippen MR) is 323 cm³/mol. The zero-order chi connectivity index (χ0) is 50.9. The molecule has 364 valence electrons. The van der Waals surface area contributed by atoms with Crippen LogP contribution >= 0.6 is 0 Å². The van der Waals surface area contributed by atoms with E-state index in [1.165, 1.54) is 98.0 Å². The maximum atomic E-state index is 6.31. The summed E-state index contributed by atoms with van der Waals surface area (Å²) in [7, 11) is 0. The number of rotatable bonds is 13. The fourth-order valence-corrected chi connectivity index (χ4v) is 12.1. The third-order valence-corrected chi connectivity index (χ3v) is 15.9. The first kappa shape index (κ1) is 46.1. The van der Waals surface area contributed by atoms with Crippen molar-refractivity contribution in [2.45, 2.75) is 65.9 Å². The smallest absolute Gasteiger partial charge is 0.119 e. The summed E-state index contributed by atoms with van der Waals surface area (Å²) >= 11 is 0. The normalized spacial score (nSPS) is 12.4. The van der Waals surface area contributed by atoms with Gasteiger partial charge in [-0.05, 0) is 185 Å². The van der Waals surface area contributed by atoms with Crippen LogP contribution in [0.5, 0.6) is 5.75 Å². The van der Waals surface area contributed by atoms with Crippen LogP contribution in [-0.4, -0.2) is 6.10 Å². The molecule has 0 radical (unpaired) electrons. The first-order valence-corrected chi connectivity index (χ1v) is 26.9. The Balaban J connectivity index is 1.13. The molecule has 1 unspecified atom stereocenters. The van der Waals surface area contributed by atoms with Crippen LogP contribution in [-0.2, 0) is 0 Å². The fraction of sp³-hybridized carbons (Fsp3) is 0.139. The van der Waals surface area contributed by atoms with E-state index in [0.717, 1.165) is 46.3 Å². The Kier molecular flexibility index (Phi) is 11.5. The standard InChI is InChI=1S/C72H60N2O/c1-7-47(6)75-56-39-37-55(38-40-56)74(54-35-31-49(32-36-54)46(4)5)64-44-42-62-68-58(64)26-18-28-60(68)70-65(50-19-11-8-12-20-50)69-59-27-17-25-57-63(73(52-23-15-10-16-24-52)53-33-29-48(30-34-53)45(2)3)43-41-61(67(57)59)71(69)66(72(62)70)51-21-13-9-14-22-51/h8-47H,7H2,1-6H3. The van der Waals surface area contributed by atoms with E-state index >= 15 is 0 Å². The molecule has 3 heteroatoms. The Morgan fingerprint density at radius 3 is 1.05 bits per heavy atom. The van der Waals surface area contributed by atoms with E-state index in [0.29, 0.717) is 11.8 Å². The number of hydrogen-bond donors (Lipinski definition) is 0. The summed E-state index contributed by atoms with van der Waals surface area (Å²) in [5, 5.41) is 15.2. The maximum absolute atomic E-state index is 6.31. The number of benzene rings is 11. The molecule has 0 amide bonds. The number of anilines is 6. The van der Waals surface area contributed by atoms with Crippen LogP contribution in [0.4, 0.5) is 34.1 Å². The average molecular weight is 969 g/mol. The van der Waals surface area contributed by atoms with Crippen molar-refractivity contribution >= 4 is 98.8 Å². The van der Waals surface area contributed by atoms with Crippen LogP contribution in [0.1, 0.15) is 70.9 Å². The molecule has 0 aromatic heterocycles. The van der Waals surface area contributed by atoms with Crippen molar-refractivity contribution in [1.82, 2.24) is 0 Å². The maximum Gasteiger partial charge on any atom is 0.119 e. The highest BCUT2D eigenvalue weighted by molar-refractivity contribution is 6.47. The SMILES string of the molecule is CCC(C)Oc1ccc(N(c2ccc(C(C)C)cc2)c2ccc3c4c(-c5ccccc5)c5c6ccc(N(c7ccccc7)c7ccc(C(C)C)cc7)c7cccc(c5c(-c5ccccc5)c4c4cccc2c43)c76)cc1. The molecule has 0 spiro atoms. The molecule has 0 bridgehead atoms. The molecule has 0 N–H and O–H groups in total. The van der Waals surface area contributed by atoms with Crippen molar-refractivity contribution in [3.05, 3.63) is 236 Å². The second-order valence-electron chi connectivity index (χ2n) is 21.0. The minimum absolute atomic E-state index is 0.137. The Morgan fingerprint density at radius 1 is 0.320 bits per heavy atom.